The zero-order valence-corrected chi connectivity index (χ0v) is 6.80. The Morgan fingerprint density at radius 2 is 2.40 bits per heavy atom. The lowest BCUT2D eigenvalue weighted by atomic mass is 10.2. The Balaban J connectivity index is 2.32. The number of nitrogens with zero attached hydrogens (tertiary/aromatic N) is 1. The van der Waals surface area contributed by atoms with Gasteiger partial charge in [0, 0.05) is 25.7 Å². The van der Waals surface area contributed by atoms with Gasteiger partial charge in [-0.1, -0.05) is 0 Å². The predicted molar refractivity (Wildman–Crippen MR) is 42.7 cm³/mol. The minimum Gasteiger partial charge on any atom is -0.316 e. The van der Waals surface area contributed by atoms with Crippen molar-refractivity contribution < 1.29 is 0 Å². The van der Waals surface area contributed by atoms with Gasteiger partial charge in [0.2, 0.25) is 0 Å². The van der Waals surface area contributed by atoms with Gasteiger partial charge in [0.25, 0.3) is 0 Å². The van der Waals surface area contributed by atoms with Gasteiger partial charge in [0.1, 0.15) is 0 Å². The fraction of sp³-hybridized carbons (Fsp3) is 1.00. The van der Waals surface area contributed by atoms with Gasteiger partial charge in [-0.05, 0) is 13.8 Å². The first-order valence-electron chi connectivity index (χ1n) is 3.93. The summed E-state index contributed by atoms with van der Waals surface area (Å²) in [6.07, 6.45) is 0.213. The topological polar surface area (TPSA) is 41.3 Å². The van der Waals surface area contributed by atoms with Crippen molar-refractivity contribution >= 4 is 0 Å². The van der Waals surface area contributed by atoms with E-state index in [4.69, 9.17) is 5.73 Å². The molecule has 2 unspecified atom stereocenters. The van der Waals surface area contributed by atoms with Crippen molar-refractivity contribution in [2.24, 2.45) is 5.73 Å². The Hall–Kier alpha value is -0.120. The number of rotatable bonds is 1. The first-order chi connectivity index (χ1) is 4.70. The van der Waals surface area contributed by atoms with E-state index in [-0.39, 0.29) is 6.17 Å². The van der Waals surface area contributed by atoms with Crippen LogP contribution in [0.4, 0.5) is 0 Å². The molecule has 0 aromatic heterocycles. The molecule has 0 aromatic carbocycles. The number of hydrogen-bond acceptors (Lipinski definition) is 3. The summed E-state index contributed by atoms with van der Waals surface area (Å²) in [7, 11) is 0. The van der Waals surface area contributed by atoms with E-state index in [1.807, 2.05) is 6.92 Å². The Morgan fingerprint density at radius 3 is 2.80 bits per heavy atom. The second-order valence-corrected chi connectivity index (χ2v) is 3.09. The molecule has 3 heteroatoms. The average Bonchev–Trinajstić information content (AvgIpc) is 1.88. The molecule has 1 fully saturated rings. The highest BCUT2D eigenvalue weighted by Gasteiger charge is 2.17. The van der Waals surface area contributed by atoms with E-state index in [0.29, 0.717) is 6.04 Å². The molecule has 60 valence electrons. The van der Waals surface area contributed by atoms with Gasteiger partial charge >= 0.3 is 0 Å². The molecule has 1 aliphatic rings. The van der Waals surface area contributed by atoms with E-state index in [1.165, 1.54) is 0 Å². The van der Waals surface area contributed by atoms with Crippen LogP contribution in [0, 0.1) is 0 Å². The smallest absolute Gasteiger partial charge is 0.0543 e. The molecule has 0 amide bonds. The number of nitrogens with two attached hydrogens (primary N) is 1. The summed E-state index contributed by atoms with van der Waals surface area (Å²) in [5.41, 5.74) is 5.73. The van der Waals surface area contributed by atoms with Crippen LogP contribution in [-0.4, -0.2) is 36.7 Å². The highest BCUT2D eigenvalue weighted by molar-refractivity contribution is 4.76. The Morgan fingerprint density at radius 1 is 1.70 bits per heavy atom. The molecule has 0 aliphatic carbocycles. The number of piperazine rings is 1. The molecule has 1 heterocycles. The van der Waals surface area contributed by atoms with E-state index in [2.05, 4.69) is 17.1 Å². The average molecular weight is 143 g/mol. The maximum Gasteiger partial charge on any atom is 0.0543 e. The standard InChI is InChI=1S/C7H17N3/c1-6-5-10(7(2)8)4-3-9-6/h6-7,9H,3-5,8H2,1-2H3. The molecule has 1 aliphatic heterocycles. The van der Waals surface area contributed by atoms with E-state index in [9.17, 15) is 0 Å². The normalized spacial score (nSPS) is 32.1. The SMILES string of the molecule is CC1CN(C(C)N)CCN1. The molecule has 3 N–H and O–H groups in total. The minimum absolute atomic E-state index is 0.213. The Bertz CT molecular complexity index is 103. The summed E-state index contributed by atoms with van der Waals surface area (Å²) in [5.74, 6) is 0. The Labute approximate surface area is 62.6 Å². The molecule has 10 heavy (non-hydrogen) atoms. The Kier molecular flexibility index (Phi) is 2.65. The van der Waals surface area contributed by atoms with Crippen molar-refractivity contribution in [1.29, 1.82) is 0 Å². The van der Waals surface area contributed by atoms with E-state index < -0.39 is 0 Å². The summed E-state index contributed by atoms with van der Waals surface area (Å²) >= 11 is 0. The number of hydrogen-bond donors (Lipinski definition) is 2. The summed E-state index contributed by atoms with van der Waals surface area (Å²) in [6, 6.07) is 0.597. The third-order valence-corrected chi connectivity index (χ3v) is 1.98. The largest absolute Gasteiger partial charge is 0.316 e. The lowest BCUT2D eigenvalue weighted by Gasteiger charge is -2.34. The monoisotopic (exact) mass is 143 g/mol. The molecular formula is C7H17N3. The van der Waals surface area contributed by atoms with Gasteiger partial charge in [0.15, 0.2) is 0 Å². The van der Waals surface area contributed by atoms with Crippen LogP contribution in [0.15, 0.2) is 0 Å². The molecule has 0 spiro atoms. The van der Waals surface area contributed by atoms with E-state index in [0.717, 1.165) is 19.6 Å². The highest BCUT2D eigenvalue weighted by Crippen LogP contribution is 1.99. The van der Waals surface area contributed by atoms with E-state index in [1.54, 1.807) is 0 Å². The fourth-order valence-corrected chi connectivity index (χ4v) is 1.33. The van der Waals surface area contributed by atoms with Crippen LogP contribution in [0.1, 0.15) is 13.8 Å². The lowest BCUT2D eigenvalue weighted by Crippen LogP contribution is -2.54. The van der Waals surface area contributed by atoms with Crippen LogP contribution in [0.2, 0.25) is 0 Å². The number of nitrogens with one attached hydrogen (secondary N) is 1. The maximum absolute atomic E-state index is 5.73. The highest BCUT2D eigenvalue weighted by atomic mass is 15.3. The molecule has 1 saturated heterocycles. The summed E-state index contributed by atoms with van der Waals surface area (Å²) in [6.45, 7) is 7.47. The zero-order chi connectivity index (χ0) is 7.56. The van der Waals surface area contributed by atoms with Crippen molar-refractivity contribution in [2.75, 3.05) is 19.6 Å². The quantitative estimate of drug-likeness (QED) is 0.524. The van der Waals surface area contributed by atoms with Gasteiger partial charge in [-0.2, -0.15) is 0 Å². The molecule has 0 bridgehead atoms. The molecule has 0 saturated carbocycles. The molecule has 0 radical (unpaired) electrons. The first kappa shape index (κ1) is 7.98. The minimum atomic E-state index is 0.213. The third-order valence-electron chi connectivity index (χ3n) is 1.98. The summed E-state index contributed by atoms with van der Waals surface area (Å²) in [5, 5.41) is 3.37. The predicted octanol–water partition coefficient (Wildman–Crippen LogP) is -0.415. The van der Waals surface area contributed by atoms with Crippen LogP contribution < -0.4 is 11.1 Å². The van der Waals surface area contributed by atoms with Crippen LogP contribution in [0.3, 0.4) is 0 Å². The fourth-order valence-electron chi connectivity index (χ4n) is 1.33. The second kappa shape index (κ2) is 3.32. The van der Waals surface area contributed by atoms with Crippen molar-refractivity contribution in [3.63, 3.8) is 0 Å². The van der Waals surface area contributed by atoms with Crippen molar-refractivity contribution in [3.05, 3.63) is 0 Å². The van der Waals surface area contributed by atoms with Gasteiger partial charge in [-0.3, -0.25) is 4.90 Å². The van der Waals surface area contributed by atoms with Gasteiger partial charge in [-0.25, -0.2) is 0 Å². The molecule has 2 atom stereocenters. The van der Waals surface area contributed by atoms with E-state index >= 15 is 0 Å². The molecular weight excluding hydrogens is 126 g/mol. The molecule has 0 aromatic rings. The summed E-state index contributed by atoms with van der Waals surface area (Å²) < 4.78 is 0. The van der Waals surface area contributed by atoms with Crippen LogP contribution >= 0.6 is 0 Å². The maximum atomic E-state index is 5.73. The van der Waals surface area contributed by atoms with Crippen molar-refractivity contribution in [3.8, 4) is 0 Å². The van der Waals surface area contributed by atoms with Crippen LogP contribution in [0.25, 0.3) is 0 Å². The van der Waals surface area contributed by atoms with Gasteiger partial charge < -0.3 is 11.1 Å². The van der Waals surface area contributed by atoms with Crippen LogP contribution in [0.5, 0.6) is 0 Å². The molecule has 1 rings (SSSR count). The van der Waals surface area contributed by atoms with Crippen molar-refractivity contribution in [2.45, 2.75) is 26.1 Å². The zero-order valence-electron chi connectivity index (χ0n) is 6.80. The van der Waals surface area contributed by atoms with Gasteiger partial charge in [0.05, 0.1) is 6.17 Å². The second-order valence-electron chi connectivity index (χ2n) is 3.09. The third kappa shape index (κ3) is 1.94. The molecule has 3 nitrogen and oxygen atoms in total. The summed E-state index contributed by atoms with van der Waals surface area (Å²) in [4.78, 5) is 2.29. The first-order valence-corrected chi connectivity index (χ1v) is 3.93. The van der Waals surface area contributed by atoms with Gasteiger partial charge in [-0.15, -0.1) is 0 Å². The lowest BCUT2D eigenvalue weighted by molar-refractivity contribution is 0.161. The van der Waals surface area contributed by atoms with Crippen molar-refractivity contribution in [1.82, 2.24) is 10.2 Å². The van der Waals surface area contributed by atoms with Crippen LogP contribution in [-0.2, 0) is 0 Å².